The number of benzene rings is 1. The molecule has 9 heteroatoms. The predicted octanol–water partition coefficient (Wildman–Crippen LogP) is 0.854. The van der Waals surface area contributed by atoms with E-state index in [0.29, 0.717) is 18.5 Å². The summed E-state index contributed by atoms with van der Waals surface area (Å²) in [6.07, 6.45) is 2.61. The minimum absolute atomic E-state index is 0.176. The minimum Gasteiger partial charge on any atom is -0.467 e. The molecule has 0 aliphatic carbocycles. The first-order valence-corrected chi connectivity index (χ1v) is 10.2. The SMILES string of the molecule is COC(=O)[C@@H](CCSC)NC(=O)c1ccc(CNC(=O)CCNC(C)=O)cc1. The number of esters is 1. The van der Waals surface area contributed by atoms with Crippen LogP contribution in [0.5, 0.6) is 0 Å². The van der Waals surface area contributed by atoms with Crippen molar-refractivity contribution in [1.29, 1.82) is 0 Å². The fourth-order valence-corrected chi connectivity index (χ4v) is 2.75. The van der Waals surface area contributed by atoms with Crippen molar-refractivity contribution in [2.24, 2.45) is 0 Å². The van der Waals surface area contributed by atoms with E-state index in [9.17, 15) is 19.2 Å². The van der Waals surface area contributed by atoms with Crippen LogP contribution in [0.4, 0.5) is 0 Å². The zero-order valence-corrected chi connectivity index (χ0v) is 17.2. The monoisotopic (exact) mass is 409 g/mol. The highest BCUT2D eigenvalue weighted by molar-refractivity contribution is 7.98. The van der Waals surface area contributed by atoms with Crippen LogP contribution in [0.3, 0.4) is 0 Å². The summed E-state index contributed by atoms with van der Waals surface area (Å²) in [6, 6.07) is 6.05. The molecule has 0 fully saturated rings. The van der Waals surface area contributed by atoms with Gasteiger partial charge in [0, 0.05) is 32.0 Å². The molecular weight excluding hydrogens is 382 g/mol. The van der Waals surface area contributed by atoms with Crippen LogP contribution in [0, 0.1) is 0 Å². The van der Waals surface area contributed by atoms with E-state index < -0.39 is 12.0 Å². The third-order valence-corrected chi connectivity index (χ3v) is 4.48. The van der Waals surface area contributed by atoms with Gasteiger partial charge in [-0.15, -0.1) is 0 Å². The Labute approximate surface area is 169 Å². The van der Waals surface area contributed by atoms with Crippen LogP contribution < -0.4 is 16.0 Å². The first kappa shape index (κ1) is 23.5. The van der Waals surface area contributed by atoms with Crippen LogP contribution >= 0.6 is 11.8 Å². The molecule has 0 heterocycles. The molecule has 0 saturated heterocycles. The summed E-state index contributed by atoms with van der Waals surface area (Å²) in [7, 11) is 1.29. The second-order valence-corrected chi connectivity index (χ2v) is 7.02. The predicted molar refractivity (Wildman–Crippen MR) is 108 cm³/mol. The number of carbonyl (C=O) groups excluding carboxylic acids is 4. The lowest BCUT2D eigenvalue weighted by Crippen LogP contribution is -2.41. The van der Waals surface area contributed by atoms with Gasteiger partial charge in [0.2, 0.25) is 11.8 Å². The molecule has 28 heavy (non-hydrogen) atoms. The van der Waals surface area contributed by atoms with E-state index in [1.165, 1.54) is 14.0 Å². The van der Waals surface area contributed by atoms with Crippen LogP contribution in [-0.4, -0.2) is 55.4 Å². The van der Waals surface area contributed by atoms with Crippen molar-refractivity contribution in [1.82, 2.24) is 16.0 Å². The number of hydrogen-bond acceptors (Lipinski definition) is 6. The Morgan fingerprint density at radius 1 is 1.11 bits per heavy atom. The quantitative estimate of drug-likeness (QED) is 0.467. The number of methoxy groups -OCH3 is 1. The van der Waals surface area contributed by atoms with Gasteiger partial charge in [-0.3, -0.25) is 14.4 Å². The number of carbonyl (C=O) groups is 4. The van der Waals surface area contributed by atoms with E-state index in [1.807, 2.05) is 6.26 Å². The van der Waals surface area contributed by atoms with Crippen LogP contribution in [0.2, 0.25) is 0 Å². The average molecular weight is 410 g/mol. The van der Waals surface area contributed by atoms with Crippen molar-refractivity contribution in [2.75, 3.05) is 25.7 Å². The van der Waals surface area contributed by atoms with Gasteiger partial charge in [-0.25, -0.2) is 4.79 Å². The molecule has 3 amide bonds. The van der Waals surface area contributed by atoms with E-state index in [0.717, 1.165) is 11.3 Å². The molecule has 0 radical (unpaired) electrons. The molecule has 1 aromatic rings. The average Bonchev–Trinajstić information content (AvgIpc) is 2.68. The number of ether oxygens (including phenoxy) is 1. The van der Waals surface area contributed by atoms with Gasteiger partial charge < -0.3 is 20.7 Å². The number of thioether (sulfide) groups is 1. The number of amides is 3. The summed E-state index contributed by atoms with van der Waals surface area (Å²) < 4.78 is 4.73. The van der Waals surface area contributed by atoms with Gasteiger partial charge in [0.15, 0.2) is 0 Å². The van der Waals surface area contributed by atoms with Crippen molar-refractivity contribution in [3.05, 3.63) is 35.4 Å². The molecule has 0 bridgehead atoms. The van der Waals surface area contributed by atoms with Crippen LogP contribution in [0.25, 0.3) is 0 Å². The van der Waals surface area contributed by atoms with Gasteiger partial charge in [0.1, 0.15) is 6.04 Å². The minimum atomic E-state index is -0.687. The molecule has 154 valence electrons. The molecule has 0 unspecified atom stereocenters. The van der Waals surface area contributed by atoms with Gasteiger partial charge >= 0.3 is 5.97 Å². The summed E-state index contributed by atoms with van der Waals surface area (Å²) in [4.78, 5) is 46.6. The van der Waals surface area contributed by atoms with Crippen molar-refractivity contribution < 1.29 is 23.9 Å². The maximum atomic E-state index is 12.4. The Balaban J connectivity index is 2.53. The molecule has 1 rings (SSSR count). The second-order valence-electron chi connectivity index (χ2n) is 6.04. The molecular formula is C19H27N3O5S. The Kier molecular flexibility index (Phi) is 10.7. The van der Waals surface area contributed by atoms with Crippen molar-refractivity contribution in [2.45, 2.75) is 32.4 Å². The smallest absolute Gasteiger partial charge is 0.328 e. The van der Waals surface area contributed by atoms with Gasteiger partial charge in [-0.1, -0.05) is 12.1 Å². The maximum Gasteiger partial charge on any atom is 0.328 e. The first-order chi connectivity index (χ1) is 13.4. The summed E-state index contributed by atoms with van der Waals surface area (Å²) in [5, 5.41) is 7.99. The first-order valence-electron chi connectivity index (χ1n) is 8.85. The topological polar surface area (TPSA) is 114 Å². The molecule has 0 aliphatic rings. The van der Waals surface area contributed by atoms with Gasteiger partial charge in [0.05, 0.1) is 7.11 Å². The fourth-order valence-electron chi connectivity index (χ4n) is 2.28. The van der Waals surface area contributed by atoms with Crippen molar-refractivity contribution in [3.8, 4) is 0 Å². The highest BCUT2D eigenvalue weighted by Crippen LogP contribution is 2.07. The van der Waals surface area contributed by atoms with Crippen LogP contribution in [0.15, 0.2) is 24.3 Å². The normalized spacial score (nSPS) is 11.2. The lowest BCUT2D eigenvalue weighted by atomic mass is 10.1. The fraction of sp³-hybridized carbons (Fsp3) is 0.474. The van der Waals surface area contributed by atoms with E-state index in [2.05, 4.69) is 16.0 Å². The third-order valence-electron chi connectivity index (χ3n) is 3.83. The zero-order chi connectivity index (χ0) is 20.9. The summed E-state index contributed by atoms with van der Waals surface area (Å²) in [5.41, 5.74) is 1.25. The molecule has 0 saturated carbocycles. The summed E-state index contributed by atoms with van der Waals surface area (Å²) in [5.74, 6) is -0.459. The lowest BCUT2D eigenvalue weighted by Gasteiger charge is -2.16. The van der Waals surface area contributed by atoms with Crippen LogP contribution in [0.1, 0.15) is 35.7 Å². The molecule has 1 aromatic carbocycles. The molecule has 0 aliphatic heterocycles. The largest absolute Gasteiger partial charge is 0.467 e. The molecule has 0 aromatic heterocycles. The number of hydrogen-bond donors (Lipinski definition) is 3. The van der Waals surface area contributed by atoms with Gasteiger partial charge in [-0.05, 0) is 36.1 Å². The Hall–Kier alpha value is -2.55. The highest BCUT2D eigenvalue weighted by Gasteiger charge is 2.21. The van der Waals surface area contributed by atoms with Crippen molar-refractivity contribution in [3.63, 3.8) is 0 Å². The van der Waals surface area contributed by atoms with Gasteiger partial charge in [-0.2, -0.15) is 11.8 Å². The number of nitrogens with one attached hydrogen (secondary N) is 3. The summed E-state index contributed by atoms with van der Waals surface area (Å²) >= 11 is 1.58. The molecule has 0 spiro atoms. The molecule has 3 N–H and O–H groups in total. The third kappa shape index (κ3) is 8.90. The highest BCUT2D eigenvalue weighted by atomic mass is 32.2. The van der Waals surface area contributed by atoms with Crippen LogP contribution in [-0.2, 0) is 25.7 Å². The van der Waals surface area contributed by atoms with E-state index in [-0.39, 0.29) is 30.7 Å². The lowest BCUT2D eigenvalue weighted by molar-refractivity contribution is -0.143. The van der Waals surface area contributed by atoms with E-state index in [1.54, 1.807) is 36.0 Å². The molecule has 1 atom stereocenters. The Bertz CT molecular complexity index is 679. The Morgan fingerprint density at radius 3 is 2.36 bits per heavy atom. The zero-order valence-electron chi connectivity index (χ0n) is 16.4. The van der Waals surface area contributed by atoms with Crippen molar-refractivity contribution >= 4 is 35.5 Å². The number of rotatable bonds is 11. The second kappa shape index (κ2) is 12.8. The molecule has 8 nitrogen and oxygen atoms in total. The Morgan fingerprint density at radius 2 is 1.79 bits per heavy atom. The maximum absolute atomic E-state index is 12.4. The van der Waals surface area contributed by atoms with E-state index >= 15 is 0 Å². The standard InChI is InChI=1S/C19H27N3O5S/c1-13(23)20-10-8-17(24)21-12-14-4-6-15(7-5-14)18(25)22-16(9-11-28-3)19(26)27-2/h4-7,16H,8-12H2,1-3H3,(H,20,23)(H,21,24)(H,22,25)/t16-/m1/s1. The summed E-state index contributed by atoms with van der Waals surface area (Å²) in [6.45, 7) is 2.00. The van der Waals surface area contributed by atoms with Gasteiger partial charge in [0.25, 0.3) is 5.91 Å². The van der Waals surface area contributed by atoms with E-state index in [4.69, 9.17) is 4.74 Å².